The first-order valence-corrected chi connectivity index (χ1v) is 33.7. The van der Waals surface area contributed by atoms with E-state index in [2.05, 4.69) is 30.6 Å². The van der Waals surface area contributed by atoms with Crippen molar-refractivity contribution >= 4 is 73.6 Å². The second kappa shape index (κ2) is 30.3. The molecule has 2 saturated heterocycles. The van der Waals surface area contributed by atoms with Crippen molar-refractivity contribution in [2.45, 2.75) is 75.6 Å². The summed E-state index contributed by atoms with van der Waals surface area (Å²) in [5.41, 5.74) is -0.856. The monoisotopic (exact) mass is 1390 g/mol. The highest BCUT2D eigenvalue weighted by Gasteiger charge is 2.50. The molecule has 3 N–H and O–H groups in total. The van der Waals surface area contributed by atoms with Crippen LogP contribution in [-0.2, 0) is 51.8 Å². The Balaban J connectivity index is 0.980. The number of amides is 2. The highest BCUT2D eigenvalue weighted by atomic mass is 35.5. The molecule has 2 unspecified atom stereocenters. The minimum Gasteiger partial charge on any atom is -0.497 e. The van der Waals surface area contributed by atoms with Crippen LogP contribution in [0.1, 0.15) is 72.6 Å². The number of nitrogens with one attached hydrogen (secondary N) is 3. The third kappa shape index (κ3) is 15.7. The molecule has 8 atom stereocenters. The number of carbonyl (C=O) groups excluding carboxylic acids is 2. The lowest BCUT2D eigenvalue weighted by atomic mass is 9.80. The van der Waals surface area contributed by atoms with Crippen LogP contribution in [0, 0.1) is 17.2 Å². The first kappa shape index (κ1) is 68.3. The van der Waals surface area contributed by atoms with Crippen molar-refractivity contribution in [3.8, 4) is 29.1 Å². The highest BCUT2D eigenvalue weighted by Crippen LogP contribution is 2.57. The third-order valence-electron chi connectivity index (χ3n) is 15.4. The van der Waals surface area contributed by atoms with Crippen molar-refractivity contribution in [3.05, 3.63) is 229 Å². The molecule has 0 spiro atoms. The second-order valence-electron chi connectivity index (χ2n) is 22.0. The van der Waals surface area contributed by atoms with Gasteiger partial charge in [0.15, 0.2) is 11.2 Å². The Morgan fingerprint density at radius 3 is 1.77 bits per heavy atom. The quantitative estimate of drug-likeness (QED) is 0.0233. The fourth-order valence-electron chi connectivity index (χ4n) is 10.6. The van der Waals surface area contributed by atoms with Crippen molar-refractivity contribution < 1.29 is 69.5 Å². The maximum absolute atomic E-state index is 16.2. The van der Waals surface area contributed by atoms with Gasteiger partial charge in [-0.3, -0.25) is 51.9 Å². The number of ether oxygens (including phenoxy) is 5. The molecule has 30 heteroatoms. The van der Waals surface area contributed by atoms with Gasteiger partial charge in [-0.15, -0.1) is 0 Å². The van der Waals surface area contributed by atoms with Crippen LogP contribution in [0.2, 0.25) is 10.0 Å². The number of benzene rings is 6. The number of phosphoric ester groups is 2. The summed E-state index contributed by atoms with van der Waals surface area (Å²) in [6, 6.07) is 47.7. The van der Waals surface area contributed by atoms with Crippen LogP contribution in [0.3, 0.4) is 0 Å². The Morgan fingerprint density at radius 2 is 1.22 bits per heavy atom. The number of nitriles is 1. The number of methoxy groups -OCH3 is 2. The van der Waals surface area contributed by atoms with Gasteiger partial charge in [-0.25, -0.2) is 18.9 Å². The minimum absolute atomic E-state index is 0.00255. The fourth-order valence-corrected chi connectivity index (χ4v) is 13.9. The molecule has 2 aliphatic heterocycles. The zero-order valence-electron chi connectivity index (χ0n) is 51.8. The predicted molar refractivity (Wildman–Crippen MR) is 351 cm³/mol. The SMILES string of the molecule is COc1ccc(C(OC[C@H]2O[C@@H](n3cnc4c(=O)[nH]c(NC(=O)C(C)C)nc43)C[C@@H]2OP(=O)(OC[C@H]2O[C@@H](n3ccc(NC(=O)c4ccccc4)nc3=O)C[C@@H]2OP(=O)(OCCC#N)Oc2ccccc2Cl)Oc2ccccc2Cl)(c2ccccc2)c2ccc(OC)cc2)cc1. The summed E-state index contributed by atoms with van der Waals surface area (Å²) < 4.78 is 103. The van der Waals surface area contributed by atoms with Gasteiger partial charge in [0.1, 0.15) is 71.3 Å². The zero-order valence-corrected chi connectivity index (χ0v) is 55.1. The summed E-state index contributed by atoms with van der Waals surface area (Å²) in [6.07, 6.45) is -6.14. The van der Waals surface area contributed by atoms with Crippen LogP contribution in [0.15, 0.2) is 186 Å². The number of halogens is 2. The van der Waals surface area contributed by atoms with Crippen LogP contribution in [0.25, 0.3) is 11.2 Å². The standard InChI is InChI=1S/C66H63Cl2N9O17P2/c1-41(2)61(78)74-64-73-60-59(63(80)75-64)70-40-77(60)58-37-52(54(89-58)38-86-66(43-18-9-6-10-19-43,44-24-28-46(84-3)29-25-44)45-26-30-47(85-4)31-27-45)94-96(83,92-51-23-14-12-21-49(51)68)88-39-55-53(93-95(82,87-35-15-33-69)91-50-22-13-11-20-48(50)67)36-57(90-55)76-34-32-56(72-65(76)81)71-62(79)42-16-7-5-8-17-42/h5-14,16-32,34,40-41,52-55,57-58H,15,35-39H2,1-4H3,(H,71,72,79,81)(H2,73,74,75,78,80)/t52-,53-,54+,55+,57+,58+,95?,96?/m0/s1. The van der Waals surface area contributed by atoms with Crippen LogP contribution >= 0.6 is 38.8 Å². The lowest BCUT2D eigenvalue weighted by Crippen LogP contribution is -2.38. The number of carbonyl (C=O) groups is 2. The van der Waals surface area contributed by atoms with Gasteiger partial charge in [0.05, 0.1) is 62.9 Å². The van der Waals surface area contributed by atoms with Gasteiger partial charge in [0.25, 0.3) is 11.5 Å². The summed E-state index contributed by atoms with van der Waals surface area (Å²) in [4.78, 5) is 69.3. The molecular formula is C66H63Cl2N9O17P2. The van der Waals surface area contributed by atoms with E-state index >= 15 is 4.57 Å². The predicted octanol–water partition coefficient (Wildman–Crippen LogP) is 12.2. The number of fused-ring (bicyclic) bond motifs is 1. The lowest BCUT2D eigenvalue weighted by molar-refractivity contribution is -0.119. The van der Waals surface area contributed by atoms with E-state index in [1.165, 1.54) is 47.4 Å². The van der Waals surface area contributed by atoms with Crippen LogP contribution in [0.5, 0.6) is 23.0 Å². The zero-order chi connectivity index (χ0) is 67.6. The van der Waals surface area contributed by atoms with Gasteiger partial charge in [0, 0.05) is 30.5 Å². The largest absolute Gasteiger partial charge is 0.530 e. The van der Waals surface area contributed by atoms with Gasteiger partial charge in [-0.05, 0) is 83.4 Å². The Morgan fingerprint density at radius 1 is 0.688 bits per heavy atom. The summed E-state index contributed by atoms with van der Waals surface area (Å²) in [7, 11) is -6.95. The Kier molecular flexibility index (Phi) is 21.6. The van der Waals surface area contributed by atoms with Crippen LogP contribution in [0.4, 0.5) is 11.8 Å². The summed E-state index contributed by atoms with van der Waals surface area (Å²) in [5.74, 6) is -0.842. The number of rotatable bonds is 28. The average molecular weight is 1390 g/mol. The number of hydrogen-bond acceptors (Lipinski definition) is 21. The van der Waals surface area contributed by atoms with Crippen LogP contribution in [-0.4, -0.2) is 99.3 Å². The van der Waals surface area contributed by atoms with Crippen molar-refractivity contribution in [2.75, 3.05) is 44.7 Å². The molecule has 9 aromatic rings. The molecule has 96 heavy (non-hydrogen) atoms. The number of imidazole rings is 1. The number of hydrogen-bond donors (Lipinski definition) is 3. The third-order valence-corrected chi connectivity index (χ3v) is 18.9. The molecule has 5 heterocycles. The molecule has 2 fully saturated rings. The number of phosphoric acid groups is 2. The van der Waals surface area contributed by atoms with Gasteiger partial charge in [-0.1, -0.05) is 134 Å². The number of aromatic nitrogens is 6. The fraction of sp³-hybridized carbons (Fsp3) is 0.273. The lowest BCUT2D eigenvalue weighted by Gasteiger charge is -2.37. The molecule has 11 rings (SSSR count). The van der Waals surface area contributed by atoms with E-state index in [4.69, 9.17) is 74.0 Å². The molecule has 0 radical (unpaired) electrons. The Bertz CT molecular complexity index is 4440. The van der Waals surface area contributed by atoms with E-state index in [1.54, 1.807) is 107 Å². The first-order chi connectivity index (χ1) is 46.4. The van der Waals surface area contributed by atoms with Crippen molar-refractivity contribution in [1.82, 2.24) is 29.1 Å². The number of nitrogens with zero attached hydrogens (tertiary/aromatic N) is 6. The molecule has 26 nitrogen and oxygen atoms in total. The Labute approximate surface area is 559 Å². The molecule has 2 amide bonds. The van der Waals surface area contributed by atoms with Gasteiger partial charge in [-0.2, -0.15) is 15.2 Å². The van der Waals surface area contributed by atoms with Gasteiger partial charge >= 0.3 is 21.3 Å². The van der Waals surface area contributed by atoms with E-state index in [-0.39, 0.29) is 70.3 Å². The Hall–Kier alpha value is -9.06. The van der Waals surface area contributed by atoms with Crippen molar-refractivity contribution in [3.63, 3.8) is 0 Å². The molecule has 0 bridgehead atoms. The minimum atomic E-state index is -5.20. The van der Waals surface area contributed by atoms with E-state index in [0.717, 1.165) is 4.57 Å². The first-order valence-electron chi connectivity index (χ1n) is 30.0. The van der Waals surface area contributed by atoms with E-state index < -0.39 is 100 Å². The van der Waals surface area contributed by atoms with Crippen LogP contribution < -0.4 is 40.4 Å². The number of aromatic amines is 1. The van der Waals surface area contributed by atoms with E-state index in [0.29, 0.717) is 33.8 Å². The van der Waals surface area contributed by atoms with Crippen molar-refractivity contribution in [2.24, 2.45) is 5.92 Å². The maximum atomic E-state index is 16.2. The highest BCUT2D eigenvalue weighted by molar-refractivity contribution is 7.49. The smallest absolute Gasteiger partial charge is 0.497 e. The number of para-hydroxylation sites is 2. The van der Waals surface area contributed by atoms with Gasteiger partial charge < -0.3 is 38.0 Å². The summed E-state index contributed by atoms with van der Waals surface area (Å²) >= 11 is 13.2. The molecule has 0 aliphatic carbocycles. The average Bonchev–Trinajstić information content (AvgIpc) is 0.895. The van der Waals surface area contributed by atoms with Crippen molar-refractivity contribution in [1.29, 1.82) is 5.26 Å². The molecule has 3 aromatic heterocycles. The molecular weight excluding hydrogens is 1320 g/mol. The molecule has 6 aromatic carbocycles. The molecule has 498 valence electrons. The summed E-state index contributed by atoms with van der Waals surface area (Å²) in [5, 5.41) is 14.7. The van der Waals surface area contributed by atoms with Gasteiger partial charge in [0.2, 0.25) is 11.9 Å². The maximum Gasteiger partial charge on any atom is 0.530 e. The van der Waals surface area contributed by atoms with E-state index in [9.17, 15) is 29.0 Å². The number of anilines is 2. The normalized spacial score (nSPS) is 19.0. The van der Waals surface area contributed by atoms with E-state index in [1.807, 2.05) is 60.7 Å². The summed E-state index contributed by atoms with van der Waals surface area (Å²) in [6.45, 7) is 1.75. The topological polar surface area (TPSA) is 316 Å². The molecule has 0 saturated carbocycles. The molecule has 2 aliphatic rings. The second-order valence-corrected chi connectivity index (χ2v) is 25.9. The number of H-pyrrole nitrogens is 1.